The molecule has 1 saturated heterocycles. The van der Waals surface area contributed by atoms with Crippen molar-refractivity contribution in [3.8, 4) is 11.1 Å². The summed E-state index contributed by atoms with van der Waals surface area (Å²) in [6.45, 7) is 20.2. The van der Waals surface area contributed by atoms with E-state index in [1.165, 1.54) is 0 Å². The molecule has 0 spiro atoms. The summed E-state index contributed by atoms with van der Waals surface area (Å²) in [4.78, 5) is 9.04. The highest BCUT2D eigenvalue weighted by atomic mass is 19.1. The summed E-state index contributed by atoms with van der Waals surface area (Å²) in [6, 6.07) is 15.1. The van der Waals surface area contributed by atoms with Crippen LogP contribution in [0.3, 0.4) is 0 Å². The van der Waals surface area contributed by atoms with Crippen LogP contribution < -0.4 is 16.4 Å². The summed E-state index contributed by atoms with van der Waals surface area (Å²) in [6.07, 6.45) is 7.43. The van der Waals surface area contributed by atoms with Crippen LogP contribution in [0.2, 0.25) is 0 Å². The molecule has 6 nitrogen and oxygen atoms in total. The lowest BCUT2D eigenvalue weighted by atomic mass is 9.99. The number of piperazine rings is 1. The maximum absolute atomic E-state index is 16.0. The van der Waals surface area contributed by atoms with Gasteiger partial charge in [0.15, 0.2) is 0 Å². The second-order valence-electron chi connectivity index (χ2n) is 10.7. The number of nitrogens with two attached hydrogens (primary N) is 1. The summed E-state index contributed by atoms with van der Waals surface area (Å²) in [5.41, 5.74) is 14.3. The van der Waals surface area contributed by atoms with Gasteiger partial charge in [-0.05, 0) is 56.3 Å². The fraction of sp³-hybridized carbons (Fsp3) is 0.229. The number of nitrogen functional groups attached to an aromatic ring is 1. The van der Waals surface area contributed by atoms with E-state index in [1.54, 1.807) is 24.5 Å². The van der Waals surface area contributed by atoms with Crippen LogP contribution in [-0.4, -0.2) is 48.0 Å². The lowest BCUT2D eigenvalue weighted by molar-refractivity contribution is 0.188. The first-order chi connectivity index (χ1) is 20.2. The lowest BCUT2D eigenvalue weighted by Crippen LogP contribution is -2.44. The highest BCUT2D eigenvalue weighted by molar-refractivity contribution is 5.78. The van der Waals surface area contributed by atoms with Crippen molar-refractivity contribution in [2.75, 3.05) is 44.3 Å². The molecule has 4 N–H and O–H groups in total. The molecule has 0 radical (unpaired) electrons. The molecule has 0 atom stereocenters. The minimum Gasteiger partial charge on any atom is -0.398 e. The Kier molecular flexibility index (Phi) is 9.99. The predicted octanol–water partition coefficient (Wildman–Crippen LogP) is 6.81. The fourth-order valence-corrected chi connectivity index (χ4v) is 5.02. The number of nitrogens with zero attached hydrogens (tertiary/aromatic N) is 3. The first kappa shape index (κ1) is 30.3. The molecule has 0 amide bonds. The van der Waals surface area contributed by atoms with Gasteiger partial charge in [0.05, 0.1) is 11.9 Å². The molecule has 1 aliphatic heterocycles. The van der Waals surface area contributed by atoms with Gasteiger partial charge in [0.2, 0.25) is 0 Å². The van der Waals surface area contributed by atoms with E-state index < -0.39 is 0 Å². The minimum absolute atomic E-state index is 0.237. The summed E-state index contributed by atoms with van der Waals surface area (Å²) >= 11 is 0. The van der Waals surface area contributed by atoms with Crippen molar-refractivity contribution in [1.82, 2.24) is 20.1 Å². The molecule has 0 saturated carbocycles. The fourth-order valence-electron chi connectivity index (χ4n) is 5.02. The summed E-state index contributed by atoms with van der Waals surface area (Å²) in [5, 5.41) is 6.67. The zero-order valence-corrected chi connectivity index (χ0v) is 24.9. The number of rotatable bonds is 11. The van der Waals surface area contributed by atoms with Gasteiger partial charge >= 0.3 is 0 Å². The zero-order chi connectivity index (χ0) is 30.2. The molecule has 0 bridgehead atoms. The van der Waals surface area contributed by atoms with E-state index in [0.29, 0.717) is 33.8 Å². The molecule has 1 fully saturated rings. The van der Waals surface area contributed by atoms with Crippen molar-refractivity contribution in [2.45, 2.75) is 20.3 Å². The molecular formula is C35H41FN6. The third-order valence-electron chi connectivity index (χ3n) is 7.57. The number of allylic oxidation sites excluding steroid dienone is 5. The Morgan fingerprint density at radius 1 is 1.05 bits per heavy atom. The maximum Gasteiger partial charge on any atom is 0.136 e. The van der Waals surface area contributed by atoms with E-state index in [2.05, 4.69) is 59.1 Å². The van der Waals surface area contributed by atoms with Crippen molar-refractivity contribution in [2.24, 2.45) is 0 Å². The SMILES string of the molecule is C=C/C=C(\C(C)=C(/C)NC(=C)Cc1c(N)ccc(-c2cncc(NC(=C)c3ccccc3)c2)c1F)N1CCN(C)CC1. The van der Waals surface area contributed by atoms with Crippen LogP contribution in [0, 0.1) is 5.82 Å². The van der Waals surface area contributed by atoms with Gasteiger partial charge in [0.1, 0.15) is 5.82 Å². The van der Waals surface area contributed by atoms with Gasteiger partial charge in [-0.2, -0.15) is 0 Å². The van der Waals surface area contributed by atoms with Gasteiger partial charge in [-0.25, -0.2) is 4.39 Å². The Morgan fingerprint density at radius 3 is 2.45 bits per heavy atom. The zero-order valence-electron chi connectivity index (χ0n) is 24.9. The van der Waals surface area contributed by atoms with E-state index in [0.717, 1.165) is 54.4 Å². The Labute approximate surface area is 249 Å². The van der Waals surface area contributed by atoms with Gasteiger partial charge in [0.25, 0.3) is 0 Å². The summed E-state index contributed by atoms with van der Waals surface area (Å²) < 4.78 is 16.0. The Bertz CT molecular complexity index is 1510. The number of benzene rings is 2. The van der Waals surface area contributed by atoms with Gasteiger partial charge in [-0.1, -0.05) is 56.1 Å². The molecule has 0 aliphatic carbocycles. The predicted molar refractivity (Wildman–Crippen MR) is 175 cm³/mol. The Balaban J connectivity index is 1.51. The van der Waals surface area contributed by atoms with Crippen molar-refractivity contribution in [3.05, 3.63) is 132 Å². The van der Waals surface area contributed by atoms with E-state index in [-0.39, 0.29) is 12.2 Å². The summed E-state index contributed by atoms with van der Waals surface area (Å²) in [5.74, 6) is -0.387. The van der Waals surface area contributed by atoms with Crippen LogP contribution in [0.1, 0.15) is 25.0 Å². The number of anilines is 2. The molecule has 7 heteroatoms. The van der Waals surface area contributed by atoms with Crippen LogP contribution in [0.25, 0.3) is 16.8 Å². The van der Waals surface area contributed by atoms with E-state index in [4.69, 9.17) is 5.73 Å². The first-order valence-electron chi connectivity index (χ1n) is 14.1. The normalized spacial score (nSPS) is 14.7. The number of pyridine rings is 1. The standard InChI is InChI=1S/C35H41FN6/c1-7-11-34(42-18-16-41(6)17-19-42)25(3)26(4)39-24(2)20-32-33(37)15-14-31(35(32)36)29-21-30(23-38-22-29)40-27(5)28-12-9-8-10-13-28/h7-15,21-23,39-40H,1-2,5,16-20,37H2,3-4,6H3/b26-25+,34-11+. The van der Waals surface area contributed by atoms with Crippen molar-refractivity contribution in [3.63, 3.8) is 0 Å². The number of hydrogen-bond donors (Lipinski definition) is 3. The summed E-state index contributed by atoms with van der Waals surface area (Å²) in [7, 11) is 2.14. The van der Waals surface area contributed by atoms with E-state index in [9.17, 15) is 0 Å². The number of aromatic nitrogens is 1. The quantitative estimate of drug-likeness (QED) is 0.176. The van der Waals surface area contributed by atoms with Gasteiger partial charge in [-0.15, -0.1) is 0 Å². The maximum atomic E-state index is 16.0. The second kappa shape index (κ2) is 13.8. The molecular weight excluding hydrogens is 523 g/mol. The number of hydrogen-bond acceptors (Lipinski definition) is 6. The molecule has 1 aliphatic rings. The Hall–Kier alpha value is -4.62. The van der Waals surface area contributed by atoms with Crippen LogP contribution in [0.5, 0.6) is 0 Å². The van der Waals surface area contributed by atoms with Crippen LogP contribution >= 0.6 is 0 Å². The molecule has 1 aromatic heterocycles. The van der Waals surface area contributed by atoms with Crippen LogP contribution in [-0.2, 0) is 6.42 Å². The Morgan fingerprint density at radius 2 is 1.76 bits per heavy atom. The van der Waals surface area contributed by atoms with Gasteiger partial charge in [0, 0.05) is 84.0 Å². The average molecular weight is 565 g/mol. The molecule has 3 aromatic rings. The molecule has 0 unspecified atom stereocenters. The monoisotopic (exact) mass is 564 g/mol. The highest BCUT2D eigenvalue weighted by Gasteiger charge is 2.19. The topological polar surface area (TPSA) is 69.4 Å². The molecule has 218 valence electrons. The molecule has 42 heavy (non-hydrogen) atoms. The highest BCUT2D eigenvalue weighted by Crippen LogP contribution is 2.31. The number of halogens is 1. The van der Waals surface area contributed by atoms with E-state index >= 15 is 4.39 Å². The largest absolute Gasteiger partial charge is 0.398 e. The lowest BCUT2D eigenvalue weighted by Gasteiger charge is -2.36. The van der Waals surface area contributed by atoms with Crippen molar-refractivity contribution >= 4 is 17.1 Å². The molecule has 2 aromatic carbocycles. The van der Waals surface area contributed by atoms with Crippen LogP contribution in [0.15, 0.2) is 115 Å². The average Bonchev–Trinajstić information content (AvgIpc) is 2.99. The smallest absolute Gasteiger partial charge is 0.136 e. The number of likely N-dealkylation sites (N-methyl/N-ethyl adjacent to an activating group) is 1. The third-order valence-corrected chi connectivity index (χ3v) is 7.57. The van der Waals surface area contributed by atoms with Crippen molar-refractivity contribution in [1.29, 1.82) is 0 Å². The van der Waals surface area contributed by atoms with Gasteiger partial charge in [-0.3, -0.25) is 4.98 Å². The second-order valence-corrected chi connectivity index (χ2v) is 10.7. The van der Waals surface area contributed by atoms with Crippen molar-refractivity contribution < 1.29 is 4.39 Å². The molecule has 4 rings (SSSR count). The van der Waals surface area contributed by atoms with Crippen LogP contribution in [0.4, 0.5) is 15.8 Å². The van der Waals surface area contributed by atoms with Gasteiger partial charge < -0.3 is 26.2 Å². The third kappa shape index (κ3) is 7.36. The molecule has 2 heterocycles. The number of nitrogens with one attached hydrogen (secondary N) is 2. The first-order valence-corrected chi connectivity index (χ1v) is 14.1. The van der Waals surface area contributed by atoms with E-state index in [1.807, 2.05) is 55.5 Å². The minimum atomic E-state index is -0.387.